The average Bonchev–Trinajstić information content (AvgIpc) is 2.64. The third-order valence-corrected chi connectivity index (χ3v) is 3.85. The van der Waals surface area contributed by atoms with E-state index in [4.69, 9.17) is 5.73 Å². The summed E-state index contributed by atoms with van der Waals surface area (Å²) in [6.07, 6.45) is 5.10. The zero-order valence-electron chi connectivity index (χ0n) is 11.1. The number of hydrogen-bond donors (Lipinski definition) is 3. The molecule has 104 valence electrons. The first kappa shape index (κ1) is 14.0. The molecule has 19 heavy (non-hydrogen) atoms. The number of aliphatic hydroxyl groups excluding tert-OH is 1. The summed E-state index contributed by atoms with van der Waals surface area (Å²) >= 11 is 0. The molecule has 1 saturated carbocycles. The van der Waals surface area contributed by atoms with Gasteiger partial charge in [-0.3, -0.25) is 4.79 Å². The van der Waals surface area contributed by atoms with Crippen LogP contribution in [-0.4, -0.2) is 17.1 Å². The van der Waals surface area contributed by atoms with Gasteiger partial charge in [0.25, 0.3) is 0 Å². The Morgan fingerprint density at radius 1 is 1.26 bits per heavy atom. The summed E-state index contributed by atoms with van der Waals surface area (Å²) in [5, 5.41) is 12.2. The molecule has 1 fully saturated rings. The van der Waals surface area contributed by atoms with Gasteiger partial charge in [0.2, 0.25) is 5.91 Å². The normalized spacial score (nSPS) is 23.7. The second-order valence-corrected chi connectivity index (χ2v) is 5.21. The van der Waals surface area contributed by atoms with Crippen LogP contribution in [0, 0.1) is 5.92 Å². The molecule has 1 amide bonds. The number of anilines is 1. The fourth-order valence-electron chi connectivity index (χ4n) is 2.67. The summed E-state index contributed by atoms with van der Waals surface area (Å²) in [6, 6.07) is 7.26. The SMILES string of the molecule is NC1CCCCCC1C(=O)Nc1ccccc1CO. The van der Waals surface area contributed by atoms with Crippen molar-refractivity contribution in [3.8, 4) is 0 Å². The molecule has 0 spiro atoms. The van der Waals surface area contributed by atoms with Crippen molar-refractivity contribution in [2.24, 2.45) is 11.7 Å². The summed E-state index contributed by atoms with van der Waals surface area (Å²) in [7, 11) is 0. The van der Waals surface area contributed by atoms with Gasteiger partial charge in [-0.15, -0.1) is 0 Å². The minimum Gasteiger partial charge on any atom is -0.392 e. The lowest BCUT2D eigenvalue weighted by molar-refractivity contribution is -0.120. The highest BCUT2D eigenvalue weighted by Crippen LogP contribution is 2.24. The number of amides is 1. The minimum atomic E-state index is -0.116. The van der Waals surface area contributed by atoms with Gasteiger partial charge in [-0.1, -0.05) is 37.5 Å². The van der Waals surface area contributed by atoms with Crippen LogP contribution in [0.15, 0.2) is 24.3 Å². The lowest BCUT2D eigenvalue weighted by Crippen LogP contribution is -2.38. The van der Waals surface area contributed by atoms with Gasteiger partial charge in [0.1, 0.15) is 0 Å². The van der Waals surface area contributed by atoms with Gasteiger partial charge in [-0.25, -0.2) is 0 Å². The van der Waals surface area contributed by atoms with E-state index in [-0.39, 0.29) is 24.5 Å². The fraction of sp³-hybridized carbons (Fsp3) is 0.533. The van der Waals surface area contributed by atoms with E-state index in [1.807, 2.05) is 24.3 Å². The predicted octanol–water partition coefficient (Wildman–Crippen LogP) is 2.02. The van der Waals surface area contributed by atoms with Crippen LogP contribution in [0.4, 0.5) is 5.69 Å². The Morgan fingerprint density at radius 2 is 2.00 bits per heavy atom. The summed E-state index contributed by atoms with van der Waals surface area (Å²) in [6.45, 7) is -0.0762. The maximum Gasteiger partial charge on any atom is 0.229 e. The van der Waals surface area contributed by atoms with E-state index in [9.17, 15) is 9.90 Å². The van der Waals surface area contributed by atoms with Crippen molar-refractivity contribution in [3.63, 3.8) is 0 Å². The van der Waals surface area contributed by atoms with Gasteiger partial charge in [0, 0.05) is 17.3 Å². The summed E-state index contributed by atoms with van der Waals surface area (Å²) < 4.78 is 0. The van der Waals surface area contributed by atoms with Gasteiger partial charge < -0.3 is 16.2 Å². The van der Waals surface area contributed by atoms with Gasteiger partial charge in [0.05, 0.1) is 12.5 Å². The van der Waals surface area contributed by atoms with E-state index in [1.54, 1.807) is 0 Å². The lowest BCUT2D eigenvalue weighted by Gasteiger charge is -2.21. The third kappa shape index (κ3) is 3.55. The molecule has 0 bridgehead atoms. The van der Waals surface area contributed by atoms with Crippen molar-refractivity contribution in [2.45, 2.75) is 44.8 Å². The largest absolute Gasteiger partial charge is 0.392 e. The zero-order chi connectivity index (χ0) is 13.7. The van der Waals surface area contributed by atoms with E-state index in [0.29, 0.717) is 5.69 Å². The van der Waals surface area contributed by atoms with Crippen LogP contribution in [-0.2, 0) is 11.4 Å². The van der Waals surface area contributed by atoms with Crippen molar-refractivity contribution in [1.29, 1.82) is 0 Å². The van der Waals surface area contributed by atoms with Crippen LogP contribution >= 0.6 is 0 Å². The molecule has 0 radical (unpaired) electrons. The number of rotatable bonds is 3. The molecule has 2 unspecified atom stereocenters. The second-order valence-electron chi connectivity index (χ2n) is 5.21. The molecule has 2 rings (SSSR count). The first-order chi connectivity index (χ1) is 9.22. The van der Waals surface area contributed by atoms with Crippen LogP contribution in [0.2, 0.25) is 0 Å². The Bertz CT molecular complexity index is 434. The average molecular weight is 262 g/mol. The number of hydrogen-bond acceptors (Lipinski definition) is 3. The number of carbonyl (C=O) groups is 1. The number of carbonyl (C=O) groups excluding carboxylic acids is 1. The molecule has 4 nitrogen and oxygen atoms in total. The summed E-state index contributed by atoms with van der Waals surface area (Å²) in [4.78, 5) is 12.3. The molecule has 1 aliphatic rings. The highest BCUT2D eigenvalue weighted by atomic mass is 16.3. The monoisotopic (exact) mass is 262 g/mol. The number of nitrogens with two attached hydrogens (primary N) is 1. The smallest absolute Gasteiger partial charge is 0.229 e. The van der Waals surface area contributed by atoms with E-state index in [0.717, 1.165) is 37.7 Å². The molecule has 4 N–H and O–H groups in total. The van der Waals surface area contributed by atoms with Crippen LogP contribution in [0.3, 0.4) is 0 Å². The standard InChI is InChI=1S/C15H22N2O2/c16-13-8-3-1-2-7-12(13)15(19)17-14-9-5-4-6-11(14)10-18/h4-6,9,12-13,18H,1-3,7-8,10,16H2,(H,17,19). The van der Waals surface area contributed by atoms with E-state index < -0.39 is 0 Å². The van der Waals surface area contributed by atoms with E-state index in [1.165, 1.54) is 0 Å². The van der Waals surface area contributed by atoms with Gasteiger partial charge >= 0.3 is 0 Å². The summed E-state index contributed by atoms with van der Waals surface area (Å²) in [5.41, 5.74) is 7.51. The highest BCUT2D eigenvalue weighted by molar-refractivity contribution is 5.93. The molecule has 0 aromatic heterocycles. The van der Waals surface area contributed by atoms with E-state index in [2.05, 4.69) is 5.32 Å². The number of aliphatic hydroxyl groups is 1. The molecular formula is C15H22N2O2. The van der Waals surface area contributed by atoms with Crippen molar-refractivity contribution in [1.82, 2.24) is 0 Å². The maximum absolute atomic E-state index is 12.3. The predicted molar refractivity (Wildman–Crippen MR) is 75.5 cm³/mol. The fourth-order valence-corrected chi connectivity index (χ4v) is 2.67. The number of nitrogens with one attached hydrogen (secondary N) is 1. The highest BCUT2D eigenvalue weighted by Gasteiger charge is 2.27. The van der Waals surface area contributed by atoms with E-state index >= 15 is 0 Å². The van der Waals surface area contributed by atoms with Gasteiger partial charge in [-0.2, -0.15) is 0 Å². The first-order valence-corrected chi connectivity index (χ1v) is 6.97. The Morgan fingerprint density at radius 3 is 2.79 bits per heavy atom. The molecule has 0 saturated heterocycles. The molecular weight excluding hydrogens is 240 g/mol. The minimum absolute atomic E-state index is 0.0182. The molecule has 0 heterocycles. The maximum atomic E-state index is 12.3. The molecule has 0 aliphatic heterocycles. The van der Waals surface area contributed by atoms with Crippen molar-refractivity contribution in [2.75, 3.05) is 5.32 Å². The Balaban J connectivity index is 2.07. The third-order valence-electron chi connectivity index (χ3n) is 3.85. The quantitative estimate of drug-likeness (QED) is 0.729. The van der Waals surface area contributed by atoms with Crippen LogP contribution in [0.1, 0.15) is 37.7 Å². The first-order valence-electron chi connectivity index (χ1n) is 6.97. The second kappa shape index (κ2) is 6.68. The molecule has 1 aliphatic carbocycles. The molecule has 1 aromatic rings. The Hall–Kier alpha value is -1.39. The molecule has 1 aromatic carbocycles. The van der Waals surface area contributed by atoms with Crippen LogP contribution in [0.25, 0.3) is 0 Å². The topological polar surface area (TPSA) is 75.4 Å². The van der Waals surface area contributed by atoms with Crippen LogP contribution in [0.5, 0.6) is 0 Å². The molecule has 4 heteroatoms. The summed E-state index contributed by atoms with van der Waals surface area (Å²) in [5.74, 6) is -0.135. The van der Waals surface area contributed by atoms with Crippen molar-refractivity contribution in [3.05, 3.63) is 29.8 Å². The Labute approximate surface area is 114 Å². The van der Waals surface area contributed by atoms with Crippen LogP contribution < -0.4 is 11.1 Å². The number of para-hydroxylation sites is 1. The van der Waals surface area contributed by atoms with Gasteiger partial charge in [-0.05, 0) is 18.9 Å². The Kier molecular flexibility index (Phi) is 4.93. The van der Waals surface area contributed by atoms with Gasteiger partial charge in [0.15, 0.2) is 0 Å². The van der Waals surface area contributed by atoms with Crippen molar-refractivity contribution < 1.29 is 9.90 Å². The molecule has 2 atom stereocenters. The zero-order valence-corrected chi connectivity index (χ0v) is 11.1. The lowest BCUT2D eigenvalue weighted by atomic mass is 9.94. The van der Waals surface area contributed by atoms with Crippen molar-refractivity contribution >= 4 is 11.6 Å². The number of benzene rings is 1.